The summed E-state index contributed by atoms with van der Waals surface area (Å²) < 4.78 is 0. The van der Waals surface area contributed by atoms with Gasteiger partial charge in [0.05, 0.1) is 6.10 Å². The van der Waals surface area contributed by atoms with Gasteiger partial charge in [-0.1, -0.05) is 0 Å². The lowest BCUT2D eigenvalue weighted by atomic mass is 10.0. The Balaban J connectivity index is 2.06. The van der Waals surface area contributed by atoms with Gasteiger partial charge in [0.25, 0.3) is 0 Å². The molecule has 0 heterocycles. The molecule has 1 aliphatic carbocycles. The standard InChI is InChI=1S/C8H17NO/c9-5-1-2-7-3-4-8(10)6-7/h7-8,10H,1-6,9H2. The molecule has 2 unspecified atom stereocenters. The summed E-state index contributed by atoms with van der Waals surface area (Å²) in [4.78, 5) is 0. The van der Waals surface area contributed by atoms with Gasteiger partial charge in [0.1, 0.15) is 0 Å². The maximum Gasteiger partial charge on any atom is 0.0543 e. The second-order valence-electron chi connectivity index (χ2n) is 3.26. The van der Waals surface area contributed by atoms with Crippen molar-refractivity contribution in [3.05, 3.63) is 0 Å². The van der Waals surface area contributed by atoms with Crippen LogP contribution in [0, 0.1) is 5.92 Å². The van der Waals surface area contributed by atoms with Gasteiger partial charge in [-0.15, -0.1) is 0 Å². The van der Waals surface area contributed by atoms with Crippen LogP contribution in [0.1, 0.15) is 32.1 Å². The Morgan fingerprint density at radius 2 is 2.20 bits per heavy atom. The molecule has 3 N–H and O–H groups in total. The molecule has 0 radical (unpaired) electrons. The number of aliphatic hydroxyl groups excluding tert-OH is 1. The maximum absolute atomic E-state index is 9.17. The van der Waals surface area contributed by atoms with E-state index in [2.05, 4.69) is 0 Å². The van der Waals surface area contributed by atoms with Gasteiger partial charge in [-0.25, -0.2) is 0 Å². The lowest BCUT2D eigenvalue weighted by Crippen LogP contribution is -2.04. The SMILES string of the molecule is NCCCC1CCC(O)C1. The van der Waals surface area contributed by atoms with Crippen molar-refractivity contribution in [3.63, 3.8) is 0 Å². The molecule has 0 saturated heterocycles. The van der Waals surface area contributed by atoms with Crippen LogP contribution in [0.2, 0.25) is 0 Å². The number of hydrogen-bond acceptors (Lipinski definition) is 2. The fraction of sp³-hybridized carbons (Fsp3) is 1.00. The summed E-state index contributed by atoms with van der Waals surface area (Å²) >= 11 is 0. The molecular formula is C8H17NO. The summed E-state index contributed by atoms with van der Waals surface area (Å²) in [6.45, 7) is 0.798. The van der Waals surface area contributed by atoms with E-state index in [4.69, 9.17) is 10.8 Å². The minimum atomic E-state index is -0.0113. The fourth-order valence-corrected chi connectivity index (χ4v) is 1.72. The Hall–Kier alpha value is -0.0800. The van der Waals surface area contributed by atoms with Gasteiger partial charge < -0.3 is 10.8 Å². The molecule has 0 amide bonds. The van der Waals surface area contributed by atoms with Crippen LogP contribution < -0.4 is 5.73 Å². The molecule has 0 aromatic rings. The van der Waals surface area contributed by atoms with Crippen LogP contribution in [-0.4, -0.2) is 17.8 Å². The van der Waals surface area contributed by atoms with Crippen molar-refractivity contribution in [2.75, 3.05) is 6.54 Å². The average molecular weight is 143 g/mol. The Labute approximate surface area is 62.4 Å². The highest BCUT2D eigenvalue weighted by Crippen LogP contribution is 2.28. The van der Waals surface area contributed by atoms with E-state index in [1.807, 2.05) is 0 Å². The molecule has 1 fully saturated rings. The van der Waals surface area contributed by atoms with Crippen LogP contribution in [0.5, 0.6) is 0 Å². The fourth-order valence-electron chi connectivity index (χ4n) is 1.72. The smallest absolute Gasteiger partial charge is 0.0543 e. The molecule has 0 aromatic carbocycles. The predicted molar refractivity (Wildman–Crippen MR) is 41.6 cm³/mol. The molecule has 1 saturated carbocycles. The van der Waals surface area contributed by atoms with Gasteiger partial charge in [-0.3, -0.25) is 0 Å². The number of rotatable bonds is 3. The molecule has 60 valence electrons. The van der Waals surface area contributed by atoms with Crippen LogP contribution in [0.4, 0.5) is 0 Å². The zero-order valence-electron chi connectivity index (χ0n) is 6.42. The van der Waals surface area contributed by atoms with Crippen LogP contribution in [0.3, 0.4) is 0 Å². The Morgan fingerprint density at radius 3 is 2.70 bits per heavy atom. The highest BCUT2D eigenvalue weighted by Gasteiger charge is 2.21. The topological polar surface area (TPSA) is 46.2 Å². The van der Waals surface area contributed by atoms with Crippen molar-refractivity contribution >= 4 is 0 Å². The largest absolute Gasteiger partial charge is 0.393 e. The van der Waals surface area contributed by atoms with E-state index in [1.165, 1.54) is 12.8 Å². The first-order chi connectivity index (χ1) is 4.83. The van der Waals surface area contributed by atoms with Crippen molar-refractivity contribution < 1.29 is 5.11 Å². The first-order valence-electron chi connectivity index (χ1n) is 4.21. The van der Waals surface area contributed by atoms with Crippen molar-refractivity contribution in [2.45, 2.75) is 38.2 Å². The summed E-state index contributed by atoms with van der Waals surface area (Å²) in [6.07, 6.45) is 5.56. The van der Waals surface area contributed by atoms with Gasteiger partial charge in [-0.05, 0) is 44.6 Å². The molecule has 0 aromatic heterocycles. The molecule has 2 nitrogen and oxygen atoms in total. The van der Waals surface area contributed by atoms with E-state index < -0.39 is 0 Å². The summed E-state index contributed by atoms with van der Waals surface area (Å²) in [5, 5.41) is 9.17. The zero-order chi connectivity index (χ0) is 7.40. The Bertz CT molecular complexity index is 95.3. The normalized spacial score (nSPS) is 33.0. The van der Waals surface area contributed by atoms with E-state index in [0.29, 0.717) is 0 Å². The van der Waals surface area contributed by atoms with E-state index in [0.717, 1.165) is 31.7 Å². The van der Waals surface area contributed by atoms with Gasteiger partial charge >= 0.3 is 0 Å². The van der Waals surface area contributed by atoms with Gasteiger partial charge in [0.15, 0.2) is 0 Å². The molecule has 0 bridgehead atoms. The monoisotopic (exact) mass is 143 g/mol. The summed E-state index contributed by atoms with van der Waals surface area (Å²) in [7, 11) is 0. The molecule has 2 heteroatoms. The third-order valence-corrected chi connectivity index (χ3v) is 2.33. The van der Waals surface area contributed by atoms with E-state index >= 15 is 0 Å². The molecule has 1 rings (SSSR count). The lowest BCUT2D eigenvalue weighted by molar-refractivity contribution is 0.176. The first kappa shape index (κ1) is 8.02. The molecule has 0 spiro atoms. The van der Waals surface area contributed by atoms with E-state index in [-0.39, 0.29) is 6.10 Å². The number of nitrogens with two attached hydrogens (primary N) is 1. The summed E-state index contributed by atoms with van der Waals surface area (Å²) in [5.41, 5.74) is 5.38. The van der Waals surface area contributed by atoms with E-state index in [9.17, 15) is 0 Å². The van der Waals surface area contributed by atoms with Gasteiger partial charge in [-0.2, -0.15) is 0 Å². The Kier molecular flexibility index (Phi) is 3.16. The van der Waals surface area contributed by atoms with Gasteiger partial charge in [0, 0.05) is 0 Å². The van der Waals surface area contributed by atoms with Crippen LogP contribution in [0.25, 0.3) is 0 Å². The molecule has 10 heavy (non-hydrogen) atoms. The van der Waals surface area contributed by atoms with Crippen LogP contribution in [0.15, 0.2) is 0 Å². The van der Waals surface area contributed by atoms with Crippen molar-refractivity contribution in [1.29, 1.82) is 0 Å². The Morgan fingerprint density at radius 1 is 1.40 bits per heavy atom. The molecular weight excluding hydrogens is 126 g/mol. The second kappa shape index (κ2) is 3.94. The van der Waals surface area contributed by atoms with Crippen LogP contribution >= 0.6 is 0 Å². The van der Waals surface area contributed by atoms with Gasteiger partial charge in [0.2, 0.25) is 0 Å². The van der Waals surface area contributed by atoms with Crippen molar-refractivity contribution in [3.8, 4) is 0 Å². The van der Waals surface area contributed by atoms with E-state index in [1.54, 1.807) is 0 Å². The lowest BCUT2D eigenvalue weighted by Gasteiger charge is -2.06. The van der Waals surface area contributed by atoms with Crippen molar-refractivity contribution in [2.24, 2.45) is 11.7 Å². The molecule has 0 aliphatic heterocycles. The van der Waals surface area contributed by atoms with Crippen LogP contribution in [-0.2, 0) is 0 Å². The third-order valence-electron chi connectivity index (χ3n) is 2.33. The highest BCUT2D eigenvalue weighted by atomic mass is 16.3. The minimum Gasteiger partial charge on any atom is -0.393 e. The first-order valence-corrected chi connectivity index (χ1v) is 4.21. The summed E-state index contributed by atoms with van der Waals surface area (Å²) in [6, 6.07) is 0. The predicted octanol–water partition coefficient (Wildman–Crippen LogP) is 0.886. The zero-order valence-corrected chi connectivity index (χ0v) is 6.42. The number of hydrogen-bond donors (Lipinski definition) is 2. The minimum absolute atomic E-state index is 0.0113. The molecule has 2 atom stereocenters. The maximum atomic E-state index is 9.17. The average Bonchev–Trinajstić information content (AvgIpc) is 2.31. The third kappa shape index (κ3) is 2.27. The molecule has 1 aliphatic rings. The van der Waals surface area contributed by atoms with Crippen molar-refractivity contribution in [1.82, 2.24) is 0 Å². The quantitative estimate of drug-likeness (QED) is 0.616. The highest BCUT2D eigenvalue weighted by molar-refractivity contribution is 4.74. The summed E-state index contributed by atoms with van der Waals surface area (Å²) in [5.74, 6) is 0.763. The second-order valence-corrected chi connectivity index (χ2v) is 3.26. The number of aliphatic hydroxyl groups is 1.